The fourth-order valence-electron chi connectivity index (χ4n) is 4.12. The molecule has 3 heterocycles. The Morgan fingerprint density at radius 3 is 2.36 bits per heavy atom. The van der Waals surface area contributed by atoms with Crippen LogP contribution in [0, 0.1) is 17.5 Å². The molecule has 10 nitrogen and oxygen atoms in total. The number of hydrogen-bond acceptors (Lipinski definition) is 8. The topological polar surface area (TPSA) is 131 Å². The van der Waals surface area contributed by atoms with Gasteiger partial charge in [0.25, 0.3) is 0 Å². The van der Waals surface area contributed by atoms with Gasteiger partial charge in [0.2, 0.25) is 0 Å². The Kier molecular flexibility index (Phi) is 6.61. The minimum Gasteiger partial charge on any atom is -0.394 e. The molecule has 2 aromatic heterocycles. The zero-order chi connectivity index (χ0) is 25.6. The van der Waals surface area contributed by atoms with E-state index < -0.39 is 54.5 Å². The van der Waals surface area contributed by atoms with Crippen LogP contribution in [-0.2, 0) is 4.74 Å². The van der Waals surface area contributed by atoms with Gasteiger partial charge in [0, 0.05) is 15.7 Å². The molecular formula is C22H18BrF3N6O4. The summed E-state index contributed by atoms with van der Waals surface area (Å²) in [5, 5.41) is 47.7. The van der Waals surface area contributed by atoms with E-state index in [-0.39, 0.29) is 17.1 Å². The Balaban J connectivity index is 1.51. The minimum atomic E-state index is -1.62. The van der Waals surface area contributed by atoms with Crippen LogP contribution < -0.4 is 0 Å². The molecule has 0 spiro atoms. The van der Waals surface area contributed by atoms with E-state index in [4.69, 9.17) is 4.74 Å². The van der Waals surface area contributed by atoms with Gasteiger partial charge >= 0.3 is 0 Å². The minimum absolute atomic E-state index is 0.0335. The SMILES string of the molecule is OC[C@H]1O[C@@H](c2nncn2-c2ccc(Br)cc2)[C@H](O)[C@@H](n2cc(-c3cc(F)c(F)c(F)c3)nn2)[C@H]1O. The molecule has 14 heteroatoms. The lowest BCUT2D eigenvalue weighted by molar-refractivity contribution is -0.210. The third-order valence-electron chi connectivity index (χ3n) is 5.92. The van der Waals surface area contributed by atoms with Crippen LogP contribution in [0.3, 0.4) is 0 Å². The van der Waals surface area contributed by atoms with Gasteiger partial charge in [-0.2, -0.15) is 0 Å². The van der Waals surface area contributed by atoms with E-state index in [1.54, 1.807) is 28.8 Å². The van der Waals surface area contributed by atoms with E-state index in [2.05, 4.69) is 36.4 Å². The predicted molar refractivity (Wildman–Crippen MR) is 120 cm³/mol. The standard InChI is InChI=1S/C22H18BrF3N6O4/c23-11-1-3-12(4-2-11)31-9-27-29-22(31)21-20(35)18(19(34)16(8-33)36-21)32-7-15(28-30-32)10-5-13(24)17(26)14(25)6-10/h1-7,9,16,18-21,33-35H,8H2/t16-,18+,19+,20-,21-/m1/s1. The zero-order valence-electron chi connectivity index (χ0n) is 18.2. The third-order valence-corrected chi connectivity index (χ3v) is 6.45. The van der Waals surface area contributed by atoms with Crippen LogP contribution >= 0.6 is 15.9 Å². The lowest BCUT2D eigenvalue weighted by Gasteiger charge is -2.41. The molecule has 0 radical (unpaired) electrons. The smallest absolute Gasteiger partial charge is 0.194 e. The molecule has 188 valence electrons. The van der Waals surface area contributed by atoms with E-state index in [1.165, 1.54) is 12.5 Å². The van der Waals surface area contributed by atoms with Crippen LogP contribution in [0.4, 0.5) is 13.2 Å². The fourth-order valence-corrected chi connectivity index (χ4v) is 4.39. The van der Waals surface area contributed by atoms with Gasteiger partial charge < -0.3 is 20.1 Å². The largest absolute Gasteiger partial charge is 0.394 e. The first-order valence-corrected chi connectivity index (χ1v) is 11.4. The molecular weight excluding hydrogens is 549 g/mol. The number of aliphatic hydroxyl groups is 3. The summed E-state index contributed by atoms with van der Waals surface area (Å²) in [5.41, 5.74) is 0.536. The van der Waals surface area contributed by atoms with Crippen molar-refractivity contribution in [2.24, 2.45) is 0 Å². The highest BCUT2D eigenvalue weighted by Gasteiger charge is 2.48. The fraction of sp³-hybridized carbons (Fsp3) is 0.273. The highest BCUT2D eigenvalue weighted by molar-refractivity contribution is 9.10. The number of aliphatic hydroxyl groups excluding tert-OH is 3. The van der Waals surface area contributed by atoms with Gasteiger partial charge in [0.1, 0.15) is 42.5 Å². The van der Waals surface area contributed by atoms with Crippen LogP contribution in [0.15, 0.2) is 53.4 Å². The average molecular weight is 567 g/mol. The summed E-state index contributed by atoms with van der Waals surface area (Å²) in [6.45, 7) is -0.594. The summed E-state index contributed by atoms with van der Waals surface area (Å²) < 4.78 is 50.1. The Bertz CT molecular complexity index is 1360. The molecule has 5 rings (SSSR count). The number of nitrogens with zero attached hydrogens (tertiary/aromatic N) is 6. The van der Waals surface area contributed by atoms with Gasteiger partial charge in [-0.05, 0) is 36.4 Å². The number of benzene rings is 2. The summed E-state index contributed by atoms with van der Waals surface area (Å²) in [7, 11) is 0. The van der Waals surface area contributed by atoms with Crippen molar-refractivity contribution in [2.75, 3.05) is 6.61 Å². The highest BCUT2D eigenvalue weighted by Crippen LogP contribution is 2.38. The molecule has 3 N–H and O–H groups in total. The Morgan fingerprint density at radius 2 is 1.69 bits per heavy atom. The average Bonchev–Trinajstić information content (AvgIpc) is 3.54. The lowest BCUT2D eigenvalue weighted by atomic mass is 9.92. The number of rotatable bonds is 5. The van der Waals surface area contributed by atoms with E-state index in [1.807, 2.05) is 0 Å². The molecule has 0 saturated carbocycles. The number of ether oxygens (including phenoxy) is 1. The molecule has 5 atom stereocenters. The summed E-state index contributed by atoms with van der Waals surface area (Å²) in [5.74, 6) is -4.23. The Labute approximate surface area is 209 Å². The summed E-state index contributed by atoms with van der Waals surface area (Å²) in [4.78, 5) is 0. The van der Waals surface area contributed by atoms with Crippen molar-refractivity contribution >= 4 is 15.9 Å². The normalized spacial score (nSPS) is 24.2. The summed E-state index contributed by atoms with van der Waals surface area (Å²) >= 11 is 3.36. The summed E-state index contributed by atoms with van der Waals surface area (Å²) in [6.07, 6.45) is -2.55. The van der Waals surface area contributed by atoms with Crippen LogP contribution in [0.1, 0.15) is 18.0 Å². The first-order chi connectivity index (χ1) is 17.3. The quantitative estimate of drug-likeness (QED) is 0.313. The van der Waals surface area contributed by atoms with Gasteiger partial charge in [0.05, 0.1) is 12.8 Å². The third kappa shape index (κ3) is 4.30. The molecule has 4 aromatic rings. The van der Waals surface area contributed by atoms with Crippen LogP contribution in [0.25, 0.3) is 16.9 Å². The maximum absolute atomic E-state index is 13.7. The molecule has 1 fully saturated rings. The second-order valence-corrected chi connectivity index (χ2v) is 9.04. The Morgan fingerprint density at radius 1 is 1.00 bits per heavy atom. The predicted octanol–water partition coefficient (Wildman–Crippen LogP) is 2.10. The van der Waals surface area contributed by atoms with Gasteiger partial charge in [-0.1, -0.05) is 21.1 Å². The molecule has 0 unspecified atom stereocenters. The zero-order valence-corrected chi connectivity index (χ0v) is 19.7. The molecule has 0 amide bonds. The van der Waals surface area contributed by atoms with Gasteiger partial charge in [0.15, 0.2) is 23.3 Å². The first-order valence-electron chi connectivity index (χ1n) is 10.6. The van der Waals surface area contributed by atoms with E-state index >= 15 is 0 Å². The van der Waals surface area contributed by atoms with Crippen molar-refractivity contribution in [3.63, 3.8) is 0 Å². The van der Waals surface area contributed by atoms with Gasteiger partial charge in [-0.15, -0.1) is 15.3 Å². The molecule has 2 aromatic carbocycles. The molecule has 1 aliphatic rings. The molecule has 36 heavy (non-hydrogen) atoms. The second-order valence-electron chi connectivity index (χ2n) is 8.12. The molecule has 1 aliphatic heterocycles. The van der Waals surface area contributed by atoms with E-state index in [9.17, 15) is 28.5 Å². The van der Waals surface area contributed by atoms with Crippen LogP contribution in [-0.4, -0.2) is 70.0 Å². The second kappa shape index (κ2) is 9.71. The Hall–Kier alpha value is -3.17. The summed E-state index contributed by atoms with van der Waals surface area (Å²) in [6, 6.07) is 7.48. The lowest BCUT2D eigenvalue weighted by Crippen LogP contribution is -2.53. The maximum atomic E-state index is 13.7. The monoisotopic (exact) mass is 566 g/mol. The van der Waals surface area contributed by atoms with Crippen LogP contribution in [0.2, 0.25) is 0 Å². The molecule has 0 bridgehead atoms. The van der Waals surface area contributed by atoms with E-state index in [0.29, 0.717) is 5.69 Å². The van der Waals surface area contributed by atoms with Crippen molar-refractivity contribution in [1.82, 2.24) is 29.8 Å². The molecule has 0 aliphatic carbocycles. The number of halogens is 4. The highest BCUT2D eigenvalue weighted by atomic mass is 79.9. The maximum Gasteiger partial charge on any atom is 0.194 e. The van der Waals surface area contributed by atoms with Crippen molar-refractivity contribution < 1.29 is 33.2 Å². The van der Waals surface area contributed by atoms with E-state index in [0.717, 1.165) is 21.3 Å². The van der Waals surface area contributed by atoms with Crippen molar-refractivity contribution in [2.45, 2.75) is 30.5 Å². The van der Waals surface area contributed by atoms with Gasteiger partial charge in [-0.25, -0.2) is 17.9 Å². The molecule has 1 saturated heterocycles. The van der Waals surface area contributed by atoms with Crippen molar-refractivity contribution in [3.05, 3.63) is 76.7 Å². The van der Waals surface area contributed by atoms with Crippen molar-refractivity contribution in [1.29, 1.82) is 0 Å². The van der Waals surface area contributed by atoms with Gasteiger partial charge in [-0.3, -0.25) is 4.57 Å². The number of aromatic nitrogens is 6. The first kappa shape index (κ1) is 24.5. The van der Waals surface area contributed by atoms with Crippen LogP contribution in [0.5, 0.6) is 0 Å². The number of hydrogen-bond donors (Lipinski definition) is 3. The van der Waals surface area contributed by atoms with Crippen molar-refractivity contribution in [3.8, 4) is 16.9 Å².